The fraction of sp³-hybridized carbons (Fsp3) is 0.467. The van der Waals surface area contributed by atoms with E-state index in [4.69, 9.17) is 9.47 Å². The number of hydrogen-bond donors (Lipinski definition) is 1. The lowest BCUT2D eigenvalue weighted by molar-refractivity contribution is 0.129. The molecule has 0 unspecified atom stereocenters. The van der Waals surface area contributed by atoms with Crippen molar-refractivity contribution in [3.05, 3.63) is 24.3 Å². The highest BCUT2D eigenvalue weighted by molar-refractivity contribution is 8.01. The average molecular weight is 337 g/mol. The van der Waals surface area contributed by atoms with Crippen LogP contribution < -0.4 is 10.1 Å². The summed E-state index contributed by atoms with van der Waals surface area (Å²) in [4.78, 5) is 0. The normalized spacial score (nSPS) is 17.6. The van der Waals surface area contributed by atoms with Crippen LogP contribution in [0.15, 0.2) is 28.6 Å². The Labute approximate surface area is 138 Å². The van der Waals surface area contributed by atoms with Gasteiger partial charge in [-0.2, -0.15) is 0 Å². The summed E-state index contributed by atoms with van der Waals surface area (Å²) in [6, 6.07) is 7.85. The molecule has 2 aromatic rings. The molecule has 22 heavy (non-hydrogen) atoms. The van der Waals surface area contributed by atoms with Crippen molar-refractivity contribution >= 4 is 33.9 Å². The van der Waals surface area contributed by atoms with Gasteiger partial charge < -0.3 is 14.8 Å². The van der Waals surface area contributed by atoms with Crippen molar-refractivity contribution in [2.75, 3.05) is 24.3 Å². The molecule has 5 nitrogen and oxygen atoms in total. The van der Waals surface area contributed by atoms with E-state index in [0.29, 0.717) is 12.7 Å². The van der Waals surface area contributed by atoms with Crippen molar-refractivity contribution in [3.8, 4) is 5.75 Å². The number of benzene rings is 1. The summed E-state index contributed by atoms with van der Waals surface area (Å²) in [6.45, 7) is 3.50. The number of hydrogen-bond acceptors (Lipinski definition) is 7. The maximum absolute atomic E-state index is 5.62. The predicted octanol–water partition coefficient (Wildman–Crippen LogP) is 3.95. The molecule has 1 saturated heterocycles. The van der Waals surface area contributed by atoms with Gasteiger partial charge in [-0.05, 0) is 31.9 Å². The molecule has 0 bridgehead atoms. The van der Waals surface area contributed by atoms with Gasteiger partial charge in [-0.3, -0.25) is 0 Å². The summed E-state index contributed by atoms with van der Waals surface area (Å²) in [6.07, 6.45) is 2.69. The molecule has 0 spiro atoms. The average Bonchev–Trinajstić information content (AvgIpc) is 3.19. The van der Waals surface area contributed by atoms with Gasteiger partial charge in [-0.25, -0.2) is 0 Å². The Balaban J connectivity index is 1.59. The number of thioether (sulfide) groups is 1. The molecule has 0 saturated carbocycles. The number of ether oxygens (including phenoxy) is 2. The zero-order chi connectivity index (χ0) is 15.2. The minimum absolute atomic E-state index is 0.365. The van der Waals surface area contributed by atoms with Crippen LogP contribution in [0.3, 0.4) is 0 Å². The molecule has 118 valence electrons. The van der Waals surface area contributed by atoms with E-state index in [1.54, 1.807) is 23.1 Å². The van der Waals surface area contributed by atoms with E-state index in [0.717, 1.165) is 39.7 Å². The van der Waals surface area contributed by atoms with Crippen molar-refractivity contribution < 1.29 is 9.47 Å². The van der Waals surface area contributed by atoms with Gasteiger partial charge in [-0.1, -0.05) is 35.2 Å². The minimum Gasteiger partial charge on any atom is -0.492 e. The number of anilines is 2. The Morgan fingerprint density at radius 2 is 2.32 bits per heavy atom. The molecule has 1 aliphatic heterocycles. The molecule has 3 rings (SSSR count). The van der Waals surface area contributed by atoms with Crippen LogP contribution in [0.4, 0.5) is 10.8 Å². The second kappa shape index (κ2) is 7.80. The molecule has 0 radical (unpaired) electrons. The van der Waals surface area contributed by atoms with Gasteiger partial charge in [-0.15, -0.1) is 10.2 Å². The monoisotopic (exact) mass is 337 g/mol. The van der Waals surface area contributed by atoms with Gasteiger partial charge in [0.25, 0.3) is 0 Å². The Morgan fingerprint density at radius 1 is 1.41 bits per heavy atom. The quantitative estimate of drug-likeness (QED) is 0.772. The van der Waals surface area contributed by atoms with Crippen LogP contribution in [0.5, 0.6) is 5.75 Å². The highest BCUT2D eigenvalue weighted by Crippen LogP contribution is 2.32. The first-order valence-electron chi connectivity index (χ1n) is 7.42. The third-order valence-corrected chi connectivity index (χ3v) is 5.36. The lowest BCUT2D eigenvalue weighted by Gasteiger charge is -2.09. The molecule has 2 heterocycles. The van der Waals surface area contributed by atoms with Crippen LogP contribution in [0.1, 0.15) is 19.8 Å². The summed E-state index contributed by atoms with van der Waals surface area (Å²) in [5, 5.41) is 12.5. The number of para-hydroxylation sites is 2. The highest BCUT2D eigenvalue weighted by Gasteiger charge is 2.17. The summed E-state index contributed by atoms with van der Waals surface area (Å²) in [5.74, 6) is 1.78. The Morgan fingerprint density at radius 3 is 3.14 bits per heavy atom. The number of nitrogens with one attached hydrogen (secondary N) is 1. The lowest BCUT2D eigenvalue weighted by Crippen LogP contribution is -2.07. The fourth-order valence-electron chi connectivity index (χ4n) is 2.23. The maximum atomic E-state index is 5.62. The van der Waals surface area contributed by atoms with Crippen LogP contribution in [-0.2, 0) is 4.74 Å². The third kappa shape index (κ3) is 4.12. The molecule has 1 aromatic heterocycles. The topological polar surface area (TPSA) is 56.3 Å². The third-order valence-electron chi connectivity index (χ3n) is 3.25. The summed E-state index contributed by atoms with van der Waals surface area (Å²) >= 11 is 3.27. The molecule has 1 fully saturated rings. The minimum atomic E-state index is 0.365. The van der Waals surface area contributed by atoms with E-state index in [1.165, 1.54) is 6.42 Å². The summed E-state index contributed by atoms with van der Waals surface area (Å²) in [7, 11) is 0. The van der Waals surface area contributed by atoms with E-state index in [1.807, 2.05) is 31.2 Å². The molecular weight excluding hydrogens is 318 g/mol. The van der Waals surface area contributed by atoms with Crippen LogP contribution >= 0.6 is 23.1 Å². The molecule has 1 N–H and O–H groups in total. The van der Waals surface area contributed by atoms with Gasteiger partial charge in [0.15, 0.2) is 4.34 Å². The summed E-state index contributed by atoms with van der Waals surface area (Å²) < 4.78 is 12.2. The molecule has 0 amide bonds. The first-order chi connectivity index (χ1) is 10.8. The van der Waals surface area contributed by atoms with Gasteiger partial charge in [0.05, 0.1) is 18.4 Å². The van der Waals surface area contributed by atoms with Crippen LogP contribution in [-0.4, -0.2) is 35.3 Å². The van der Waals surface area contributed by atoms with Crippen molar-refractivity contribution in [1.29, 1.82) is 0 Å². The molecule has 1 atom stereocenters. The van der Waals surface area contributed by atoms with E-state index < -0.39 is 0 Å². The van der Waals surface area contributed by atoms with Crippen molar-refractivity contribution in [3.63, 3.8) is 0 Å². The van der Waals surface area contributed by atoms with Crippen LogP contribution in [0.25, 0.3) is 0 Å². The smallest absolute Gasteiger partial charge is 0.210 e. The molecule has 0 aliphatic carbocycles. The van der Waals surface area contributed by atoms with E-state index in [2.05, 4.69) is 15.5 Å². The lowest BCUT2D eigenvalue weighted by atomic mass is 10.3. The number of aromatic nitrogens is 2. The molecule has 1 aromatic carbocycles. The van der Waals surface area contributed by atoms with Crippen LogP contribution in [0.2, 0.25) is 0 Å². The van der Waals surface area contributed by atoms with Crippen molar-refractivity contribution in [1.82, 2.24) is 10.2 Å². The SMILES string of the molecule is CCOc1ccccc1Nc1nnc(SC[C@@H]2CCCO2)s1. The van der Waals surface area contributed by atoms with E-state index in [9.17, 15) is 0 Å². The second-order valence-electron chi connectivity index (χ2n) is 4.87. The highest BCUT2D eigenvalue weighted by atomic mass is 32.2. The number of rotatable bonds is 7. The van der Waals surface area contributed by atoms with E-state index >= 15 is 0 Å². The zero-order valence-electron chi connectivity index (χ0n) is 12.4. The molecular formula is C15H19N3O2S2. The summed E-state index contributed by atoms with van der Waals surface area (Å²) in [5.41, 5.74) is 0.913. The predicted molar refractivity (Wildman–Crippen MR) is 90.5 cm³/mol. The van der Waals surface area contributed by atoms with Crippen LogP contribution in [0, 0.1) is 0 Å². The van der Waals surface area contributed by atoms with Gasteiger partial charge >= 0.3 is 0 Å². The zero-order valence-corrected chi connectivity index (χ0v) is 14.1. The Hall–Kier alpha value is -1.31. The second-order valence-corrected chi connectivity index (χ2v) is 7.12. The van der Waals surface area contributed by atoms with Gasteiger partial charge in [0.2, 0.25) is 5.13 Å². The Kier molecular flexibility index (Phi) is 5.53. The number of nitrogens with zero attached hydrogens (tertiary/aromatic N) is 2. The van der Waals surface area contributed by atoms with Gasteiger partial charge in [0.1, 0.15) is 5.75 Å². The van der Waals surface area contributed by atoms with Crippen molar-refractivity contribution in [2.24, 2.45) is 0 Å². The first-order valence-corrected chi connectivity index (χ1v) is 9.22. The molecule has 1 aliphatic rings. The largest absolute Gasteiger partial charge is 0.492 e. The maximum Gasteiger partial charge on any atom is 0.210 e. The standard InChI is InChI=1S/C15H19N3O2S2/c1-2-19-13-8-4-3-7-12(13)16-14-17-18-15(22-14)21-10-11-6-5-9-20-11/h3-4,7-8,11H,2,5-6,9-10H2,1H3,(H,16,17)/t11-/m0/s1. The van der Waals surface area contributed by atoms with Crippen molar-refractivity contribution in [2.45, 2.75) is 30.2 Å². The van der Waals surface area contributed by atoms with Gasteiger partial charge in [0, 0.05) is 12.4 Å². The first kappa shape index (κ1) is 15.6. The molecule has 7 heteroatoms. The Bertz CT molecular complexity index is 600. The van der Waals surface area contributed by atoms with E-state index in [-0.39, 0.29) is 0 Å². The fourth-order valence-corrected chi connectivity index (χ4v) is 4.08.